The third-order valence-corrected chi connectivity index (χ3v) is 1.39. The van der Waals surface area contributed by atoms with E-state index in [1.165, 1.54) is 0 Å². The van der Waals surface area contributed by atoms with Gasteiger partial charge in [-0.2, -0.15) is 0 Å². The minimum absolute atomic E-state index is 0. The Morgan fingerprint density at radius 3 is 2.45 bits per heavy atom. The van der Waals surface area contributed by atoms with Crippen LogP contribution in [0.2, 0.25) is 0 Å². The zero-order chi connectivity index (χ0) is 8.20. The van der Waals surface area contributed by atoms with Gasteiger partial charge in [0.1, 0.15) is 6.23 Å². The summed E-state index contributed by atoms with van der Waals surface area (Å²) < 4.78 is 14.2. The van der Waals surface area contributed by atoms with Crippen LogP contribution in [0.5, 0.6) is 0 Å². The number of hydrogen-bond acceptors (Lipinski definition) is 3. The van der Waals surface area contributed by atoms with Crippen LogP contribution < -0.4 is 35.3 Å². The van der Waals surface area contributed by atoms with Crippen molar-refractivity contribution in [3.63, 3.8) is 0 Å². The van der Waals surface area contributed by atoms with Gasteiger partial charge >= 0.3 is 37.4 Å². The molecule has 0 aliphatic rings. The Hall–Kier alpha value is 1.07. The van der Waals surface area contributed by atoms with Crippen molar-refractivity contribution in [2.24, 2.45) is 5.73 Å². The Kier molecular flexibility index (Phi) is 8.71. The molecule has 1 atom stereocenters. The van der Waals surface area contributed by atoms with E-state index in [0.29, 0.717) is 6.42 Å². The smallest absolute Gasteiger partial charge is 1.00 e. The van der Waals surface area contributed by atoms with E-state index in [-0.39, 0.29) is 31.0 Å². The number of phosphoric ester groups is 1. The van der Waals surface area contributed by atoms with Gasteiger partial charge in [0.2, 0.25) is 0 Å². The average Bonchev–Trinajstić information content (AvgIpc) is 1.59. The van der Waals surface area contributed by atoms with Crippen molar-refractivity contribution in [1.82, 2.24) is 0 Å². The maximum atomic E-state index is 10.1. The topological polar surface area (TPSA) is 92.8 Å². The second kappa shape index (κ2) is 6.57. The number of rotatable bonds is 4. The van der Waals surface area contributed by atoms with Gasteiger partial charge < -0.3 is 16.9 Å². The van der Waals surface area contributed by atoms with Crippen LogP contribution in [0.15, 0.2) is 0 Å². The molecule has 0 amide bonds. The molecule has 0 bridgehead atoms. The first-order valence-electron chi connectivity index (χ1n) is 2.95. The van der Waals surface area contributed by atoms with Gasteiger partial charge in [0.25, 0.3) is 0 Å². The molecule has 0 spiro atoms. The van der Waals surface area contributed by atoms with Crippen LogP contribution in [0, 0.1) is 0 Å². The van der Waals surface area contributed by atoms with Crippen LogP contribution in [-0.2, 0) is 9.09 Å². The first kappa shape index (κ1) is 14.6. The molecule has 0 aliphatic carbocycles. The van der Waals surface area contributed by atoms with Crippen LogP contribution in [0.4, 0.5) is 0 Å². The maximum Gasteiger partial charge on any atom is 1.00 e. The molecule has 0 rings (SSSR count). The van der Waals surface area contributed by atoms with Crippen LogP contribution in [0.3, 0.4) is 0 Å². The SMILES string of the molecule is CCCC(N)OP(=O)(O)O.[H-].[Na+]. The first-order valence-corrected chi connectivity index (χ1v) is 4.48. The summed E-state index contributed by atoms with van der Waals surface area (Å²) in [7, 11) is -4.38. The number of phosphoric acid groups is 1. The third kappa shape index (κ3) is 11.1. The quantitative estimate of drug-likeness (QED) is 0.256. The summed E-state index contributed by atoms with van der Waals surface area (Å²) in [5.41, 5.74) is 5.16. The van der Waals surface area contributed by atoms with Crippen LogP contribution in [0.1, 0.15) is 21.2 Å². The van der Waals surface area contributed by atoms with Gasteiger partial charge in [0.15, 0.2) is 0 Å². The van der Waals surface area contributed by atoms with Crippen LogP contribution in [0.25, 0.3) is 0 Å². The molecule has 5 nitrogen and oxygen atoms in total. The van der Waals surface area contributed by atoms with Gasteiger partial charge in [-0.05, 0) is 6.42 Å². The van der Waals surface area contributed by atoms with Crippen molar-refractivity contribution in [1.29, 1.82) is 0 Å². The normalized spacial score (nSPS) is 13.8. The molecule has 0 aromatic rings. The zero-order valence-electron chi connectivity index (χ0n) is 7.73. The Morgan fingerprint density at radius 2 is 2.18 bits per heavy atom. The van der Waals surface area contributed by atoms with E-state index in [1.54, 1.807) is 0 Å². The molecular weight excluding hydrogens is 180 g/mol. The largest absolute Gasteiger partial charge is 1.00 e. The molecule has 1 unspecified atom stereocenters. The van der Waals surface area contributed by atoms with E-state index in [2.05, 4.69) is 4.52 Å². The molecule has 0 aromatic carbocycles. The van der Waals surface area contributed by atoms with E-state index < -0.39 is 14.1 Å². The first-order chi connectivity index (χ1) is 4.45. The Labute approximate surface area is 89.3 Å². The van der Waals surface area contributed by atoms with Crippen molar-refractivity contribution < 1.29 is 49.9 Å². The summed E-state index contributed by atoms with van der Waals surface area (Å²) in [5.74, 6) is 0. The summed E-state index contributed by atoms with van der Waals surface area (Å²) >= 11 is 0. The monoisotopic (exact) mass is 193 g/mol. The molecule has 0 radical (unpaired) electrons. The Balaban J connectivity index is -0.000000405. The third-order valence-electron chi connectivity index (χ3n) is 0.846. The molecule has 0 fully saturated rings. The fourth-order valence-electron chi connectivity index (χ4n) is 0.514. The van der Waals surface area contributed by atoms with E-state index in [4.69, 9.17) is 15.5 Å². The average molecular weight is 193 g/mol. The van der Waals surface area contributed by atoms with Crippen molar-refractivity contribution in [2.75, 3.05) is 0 Å². The van der Waals surface area contributed by atoms with E-state index in [9.17, 15) is 4.57 Å². The molecule has 0 aromatic heterocycles. The molecule has 64 valence electrons. The summed E-state index contributed by atoms with van der Waals surface area (Å²) in [6, 6.07) is 0. The molecule has 11 heavy (non-hydrogen) atoms. The summed E-state index contributed by atoms with van der Waals surface area (Å²) in [6.45, 7) is 1.85. The van der Waals surface area contributed by atoms with Crippen molar-refractivity contribution in [3.8, 4) is 0 Å². The second-order valence-electron chi connectivity index (χ2n) is 1.92. The molecule has 0 aliphatic heterocycles. The molecule has 0 saturated heterocycles. The number of nitrogens with two attached hydrogens (primary N) is 1. The van der Waals surface area contributed by atoms with Crippen molar-refractivity contribution in [2.45, 2.75) is 26.0 Å². The number of hydrogen-bond donors (Lipinski definition) is 3. The molecule has 0 saturated carbocycles. The van der Waals surface area contributed by atoms with Crippen LogP contribution in [-0.4, -0.2) is 16.0 Å². The minimum atomic E-state index is -4.38. The van der Waals surface area contributed by atoms with Crippen LogP contribution >= 0.6 is 7.82 Å². The summed E-state index contributed by atoms with van der Waals surface area (Å²) in [6.07, 6.45) is 0.331. The fraction of sp³-hybridized carbons (Fsp3) is 1.00. The van der Waals surface area contributed by atoms with Gasteiger partial charge in [-0.1, -0.05) is 13.3 Å². The van der Waals surface area contributed by atoms with E-state index in [1.807, 2.05) is 6.92 Å². The standard InChI is InChI=1S/C4H12NO4P.Na.H/c1-2-3-4(5)9-10(6,7)8;;/h4H,2-3,5H2,1H3,(H2,6,7,8);;/q;+1;-1. The predicted molar refractivity (Wildman–Crippen MR) is 37.1 cm³/mol. The van der Waals surface area contributed by atoms with Crippen molar-refractivity contribution >= 4 is 7.82 Å². The molecule has 0 heterocycles. The zero-order valence-corrected chi connectivity index (χ0v) is 9.62. The fourth-order valence-corrected chi connectivity index (χ4v) is 0.972. The van der Waals surface area contributed by atoms with E-state index in [0.717, 1.165) is 6.42 Å². The van der Waals surface area contributed by atoms with Gasteiger partial charge in [-0.3, -0.25) is 4.52 Å². The van der Waals surface area contributed by atoms with Gasteiger partial charge in [-0.25, -0.2) is 4.57 Å². The molecular formula is C4H13NNaO4P. The Bertz CT molecular complexity index is 143. The van der Waals surface area contributed by atoms with Crippen molar-refractivity contribution in [3.05, 3.63) is 0 Å². The van der Waals surface area contributed by atoms with E-state index >= 15 is 0 Å². The van der Waals surface area contributed by atoms with Gasteiger partial charge in [0, 0.05) is 0 Å². The second-order valence-corrected chi connectivity index (χ2v) is 3.12. The molecule has 7 heteroatoms. The maximum absolute atomic E-state index is 10.1. The Morgan fingerprint density at radius 1 is 1.73 bits per heavy atom. The van der Waals surface area contributed by atoms with Gasteiger partial charge in [-0.15, -0.1) is 0 Å². The summed E-state index contributed by atoms with van der Waals surface area (Å²) in [5, 5.41) is 0. The summed E-state index contributed by atoms with van der Waals surface area (Å²) in [4.78, 5) is 16.4. The minimum Gasteiger partial charge on any atom is -1.00 e. The molecule has 4 N–H and O–H groups in total. The van der Waals surface area contributed by atoms with Gasteiger partial charge in [0.05, 0.1) is 0 Å². The predicted octanol–water partition coefficient (Wildman–Crippen LogP) is -2.70.